The lowest BCUT2D eigenvalue weighted by Crippen LogP contribution is -2.52. The van der Waals surface area contributed by atoms with Gasteiger partial charge >= 0.3 is 0 Å². The summed E-state index contributed by atoms with van der Waals surface area (Å²) in [5.74, 6) is -1.60. The lowest BCUT2D eigenvalue weighted by molar-refractivity contribution is -0.139. The average Bonchev–Trinajstić information content (AvgIpc) is 3.45. The van der Waals surface area contributed by atoms with Gasteiger partial charge in [0.05, 0.1) is 15.6 Å². The molecule has 1 atom stereocenters. The normalized spacial score (nSPS) is 14.5. The number of amides is 2. The predicted molar refractivity (Wildman–Crippen MR) is 149 cm³/mol. The molecule has 1 aliphatic rings. The largest absolute Gasteiger partial charge is 0.352 e. The van der Waals surface area contributed by atoms with Crippen LogP contribution in [0.5, 0.6) is 0 Å². The zero-order chi connectivity index (χ0) is 28.0. The fourth-order valence-electron chi connectivity index (χ4n) is 4.64. The van der Waals surface area contributed by atoms with Crippen LogP contribution in [0.15, 0.2) is 83.8 Å². The maximum Gasteiger partial charge on any atom is 0.264 e. The van der Waals surface area contributed by atoms with Crippen LogP contribution in [-0.4, -0.2) is 43.8 Å². The molecule has 1 N–H and O–H groups in total. The molecule has 0 bridgehead atoms. The van der Waals surface area contributed by atoms with E-state index < -0.39 is 34.3 Å². The standard InChI is InChI=1S/C29H31ClFN3O4S/c1-21(29(36)32-23-12-8-9-13-23)33(19-22-10-4-2-5-11-22)28(35)20-34(24-16-17-27(31)26(30)18-24)39(37,38)25-14-6-3-7-15-25/h2-7,10-11,14-18,21,23H,8-9,12-13,19-20H2,1H3,(H,32,36)/t21-/m0/s1. The average molecular weight is 572 g/mol. The Morgan fingerprint density at radius 2 is 1.62 bits per heavy atom. The number of rotatable bonds is 10. The maximum atomic E-state index is 14.0. The third-order valence-electron chi connectivity index (χ3n) is 6.87. The minimum absolute atomic E-state index is 0.0290. The first kappa shape index (κ1) is 28.6. The van der Waals surface area contributed by atoms with Gasteiger partial charge in [0, 0.05) is 12.6 Å². The van der Waals surface area contributed by atoms with Crippen molar-refractivity contribution in [2.45, 2.75) is 56.1 Å². The summed E-state index contributed by atoms with van der Waals surface area (Å²) in [6.07, 6.45) is 3.86. The highest BCUT2D eigenvalue weighted by atomic mass is 35.5. The fraction of sp³-hybridized carbons (Fsp3) is 0.310. The Labute approximate surface area is 233 Å². The molecule has 3 aromatic rings. The van der Waals surface area contributed by atoms with Crippen molar-refractivity contribution >= 4 is 39.1 Å². The molecule has 1 aliphatic carbocycles. The molecular weight excluding hydrogens is 541 g/mol. The molecule has 0 heterocycles. The van der Waals surface area contributed by atoms with Crippen molar-refractivity contribution in [3.8, 4) is 0 Å². The van der Waals surface area contributed by atoms with E-state index in [0.717, 1.165) is 41.6 Å². The van der Waals surface area contributed by atoms with Crippen molar-refractivity contribution in [3.05, 3.63) is 95.3 Å². The first-order valence-electron chi connectivity index (χ1n) is 12.8. The molecule has 0 saturated heterocycles. The van der Waals surface area contributed by atoms with Gasteiger partial charge in [0.25, 0.3) is 10.0 Å². The summed E-state index contributed by atoms with van der Waals surface area (Å²) in [6, 6.07) is 19.5. The SMILES string of the molecule is C[C@@H](C(=O)NC1CCCC1)N(Cc1ccccc1)C(=O)CN(c1ccc(F)c(Cl)c1)S(=O)(=O)c1ccccc1. The van der Waals surface area contributed by atoms with E-state index in [4.69, 9.17) is 11.6 Å². The molecule has 0 aliphatic heterocycles. The van der Waals surface area contributed by atoms with Gasteiger partial charge in [-0.2, -0.15) is 0 Å². The van der Waals surface area contributed by atoms with Crippen molar-refractivity contribution < 1.29 is 22.4 Å². The van der Waals surface area contributed by atoms with Gasteiger partial charge in [-0.05, 0) is 55.7 Å². The Hall–Kier alpha value is -3.43. The molecule has 7 nitrogen and oxygen atoms in total. The Kier molecular flexibility index (Phi) is 9.24. The van der Waals surface area contributed by atoms with E-state index in [1.807, 2.05) is 30.3 Å². The third-order valence-corrected chi connectivity index (χ3v) is 8.94. The molecule has 0 unspecified atom stereocenters. The van der Waals surface area contributed by atoms with Crippen LogP contribution in [0.3, 0.4) is 0 Å². The second-order valence-corrected chi connectivity index (χ2v) is 11.9. The summed E-state index contributed by atoms with van der Waals surface area (Å²) in [6.45, 7) is 1.12. The van der Waals surface area contributed by atoms with Crippen LogP contribution in [0.1, 0.15) is 38.2 Å². The van der Waals surface area contributed by atoms with Gasteiger partial charge in [-0.1, -0.05) is 73.0 Å². The van der Waals surface area contributed by atoms with Crippen LogP contribution in [0.2, 0.25) is 5.02 Å². The molecule has 0 spiro atoms. The molecular formula is C29H31ClFN3O4S. The highest BCUT2D eigenvalue weighted by Crippen LogP contribution is 2.28. The second-order valence-electron chi connectivity index (χ2n) is 9.60. The van der Waals surface area contributed by atoms with Crippen LogP contribution in [0.4, 0.5) is 10.1 Å². The van der Waals surface area contributed by atoms with E-state index in [1.54, 1.807) is 25.1 Å². The van der Waals surface area contributed by atoms with Gasteiger partial charge in [-0.15, -0.1) is 0 Å². The lowest BCUT2D eigenvalue weighted by atomic mass is 10.1. The van der Waals surface area contributed by atoms with Crippen LogP contribution < -0.4 is 9.62 Å². The summed E-state index contributed by atoms with van der Waals surface area (Å²) in [5, 5.41) is 2.75. The number of nitrogens with one attached hydrogen (secondary N) is 1. The second kappa shape index (κ2) is 12.6. The highest BCUT2D eigenvalue weighted by Gasteiger charge is 2.33. The summed E-state index contributed by atoms with van der Waals surface area (Å²) in [7, 11) is -4.25. The predicted octanol–water partition coefficient (Wildman–Crippen LogP) is 5.15. The number of carbonyl (C=O) groups excluding carboxylic acids is 2. The van der Waals surface area contributed by atoms with E-state index in [2.05, 4.69) is 5.32 Å². The Morgan fingerprint density at radius 1 is 1.00 bits per heavy atom. The van der Waals surface area contributed by atoms with E-state index in [-0.39, 0.29) is 34.1 Å². The Balaban J connectivity index is 1.68. The lowest BCUT2D eigenvalue weighted by Gasteiger charge is -2.32. The number of carbonyl (C=O) groups is 2. The number of benzene rings is 3. The number of anilines is 1. The van der Waals surface area contributed by atoms with E-state index in [0.29, 0.717) is 0 Å². The Morgan fingerprint density at radius 3 is 2.23 bits per heavy atom. The summed E-state index contributed by atoms with van der Waals surface area (Å²) in [4.78, 5) is 28.4. The van der Waals surface area contributed by atoms with Crippen molar-refractivity contribution in [2.24, 2.45) is 0 Å². The van der Waals surface area contributed by atoms with Crippen LogP contribution in [0, 0.1) is 5.82 Å². The summed E-state index contributed by atoms with van der Waals surface area (Å²) in [5.41, 5.74) is 0.815. The first-order valence-corrected chi connectivity index (χ1v) is 14.6. The monoisotopic (exact) mass is 571 g/mol. The van der Waals surface area contributed by atoms with E-state index in [9.17, 15) is 22.4 Å². The molecule has 10 heteroatoms. The van der Waals surface area contributed by atoms with Crippen molar-refractivity contribution in [2.75, 3.05) is 10.8 Å². The van der Waals surface area contributed by atoms with Crippen molar-refractivity contribution in [1.29, 1.82) is 0 Å². The number of hydrogen-bond acceptors (Lipinski definition) is 4. The molecule has 39 heavy (non-hydrogen) atoms. The smallest absolute Gasteiger partial charge is 0.264 e. The quantitative estimate of drug-likeness (QED) is 0.365. The molecule has 206 valence electrons. The van der Waals surface area contributed by atoms with Gasteiger partial charge in [-0.25, -0.2) is 12.8 Å². The molecule has 2 amide bonds. The van der Waals surface area contributed by atoms with Crippen LogP contribution in [0.25, 0.3) is 0 Å². The van der Waals surface area contributed by atoms with Crippen molar-refractivity contribution in [1.82, 2.24) is 10.2 Å². The van der Waals surface area contributed by atoms with Crippen LogP contribution >= 0.6 is 11.6 Å². The topological polar surface area (TPSA) is 86.8 Å². The van der Waals surface area contributed by atoms with E-state index in [1.165, 1.54) is 29.2 Å². The van der Waals surface area contributed by atoms with Gasteiger partial charge in [0.1, 0.15) is 18.4 Å². The number of halogens is 2. The number of nitrogens with zero attached hydrogens (tertiary/aromatic N) is 2. The minimum Gasteiger partial charge on any atom is -0.352 e. The fourth-order valence-corrected chi connectivity index (χ4v) is 6.25. The molecule has 4 rings (SSSR count). The zero-order valence-corrected chi connectivity index (χ0v) is 23.2. The Bertz CT molecular complexity index is 1400. The summed E-state index contributed by atoms with van der Waals surface area (Å²) < 4.78 is 42.3. The minimum atomic E-state index is -4.25. The van der Waals surface area contributed by atoms with Gasteiger partial charge in [-0.3, -0.25) is 13.9 Å². The highest BCUT2D eigenvalue weighted by molar-refractivity contribution is 7.92. The molecule has 0 radical (unpaired) electrons. The third kappa shape index (κ3) is 6.96. The number of sulfonamides is 1. The van der Waals surface area contributed by atoms with Gasteiger partial charge in [0.2, 0.25) is 11.8 Å². The molecule has 0 aromatic heterocycles. The maximum absolute atomic E-state index is 14.0. The van der Waals surface area contributed by atoms with Crippen molar-refractivity contribution in [3.63, 3.8) is 0 Å². The number of hydrogen-bond donors (Lipinski definition) is 1. The molecule has 1 fully saturated rings. The molecule has 1 saturated carbocycles. The zero-order valence-electron chi connectivity index (χ0n) is 21.6. The van der Waals surface area contributed by atoms with Gasteiger partial charge < -0.3 is 10.2 Å². The van der Waals surface area contributed by atoms with Crippen LogP contribution in [-0.2, 0) is 26.2 Å². The van der Waals surface area contributed by atoms with Gasteiger partial charge in [0.15, 0.2) is 0 Å². The first-order chi connectivity index (χ1) is 18.7. The van der Waals surface area contributed by atoms with E-state index >= 15 is 0 Å². The molecule has 3 aromatic carbocycles. The summed E-state index contributed by atoms with van der Waals surface area (Å²) >= 11 is 5.99.